The third kappa shape index (κ3) is 2.44. The molecule has 0 aliphatic rings. The number of aromatic nitrogens is 3. The molecule has 2 aromatic heterocycles. The van der Waals surface area contributed by atoms with Crippen LogP contribution in [-0.4, -0.2) is 15.0 Å². The molecule has 0 radical (unpaired) electrons. The first kappa shape index (κ1) is 12.9. The number of anilines is 2. The smallest absolute Gasteiger partial charge is 0.213 e. The summed E-state index contributed by atoms with van der Waals surface area (Å²) in [6.07, 6.45) is 2.68. The summed E-state index contributed by atoms with van der Waals surface area (Å²) in [4.78, 5) is 11.6. The van der Waals surface area contributed by atoms with Crippen molar-refractivity contribution in [1.29, 1.82) is 0 Å². The van der Waals surface area contributed by atoms with Gasteiger partial charge in [-0.3, -0.25) is 0 Å². The second-order valence-electron chi connectivity index (χ2n) is 4.00. The van der Waals surface area contributed by atoms with E-state index in [1.165, 1.54) is 24.7 Å². The van der Waals surface area contributed by atoms with Crippen molar-refractivity contribution in [3.05, 3.63) is 53.0 Å². The average molecular weight is 337 g/mol. The summed E-state index contributed by atoms with van der Waals surface area (Å²) in [5.74, 6) is -0.552. The summed E-state index contributed by atoms with van der Waals surface area (Å²) in [5, 5.41) is 3.50. The Hall–Kier alpha value is -2.15. The lowest BCUT2D eigenvalue weighted by Crippen LogP contribution is -1.97. The van der Waals surface area contributed by atoms with E-state index in [0.29, 0.717) is 26.9 Å². The summed E-state index contributed by atoms with van der Waals surface area (Å²) in [5.41, 5.74) is 1.14. The quantitative estimate of drug-likeness (QED) is 0.723. The summed E-state index contributed by atoms with van der Waals surface area (Å²) in [6.45, 7) is 0. The number of pyridine rings is 1. The van der Waals surface area contributed by atoms with Crippen molar-refractivity contribution in [1.82, 2.24) is 15.0 Å². The van der Waals surface area contributed by atoms with Crippen LogP contribution in [0, 0.1) is 11.8 Å². The first-order chi connectivity index (χ1) is 9.63. The zero-order chi connectivity index (χ0) is 14.1. The fourth-order valence-electron chi connectivity index (χ4n) is 1.74. The SMILES string of the molecule is Fc1cc2c(Nc3ccc(F)c(Br)c3)ncnc2cn1. The second kappa shape index (κ2) is 5.09. The Morgan fingerprint density at radius 2 is 1.90 bits per heavy atom. The molecule has 0 saturated carbocycles. The summed E-state index contributed by atoms with van der Waals surface area (Å²) in [6, 6.07) is 5.70. The van der Waals surface area contributed by atoms with Gasteiger partial charge < -0.3 is 5.32 Å². The van der Waals surface area contributed by atoms with Crippen molar-refractivity contribution in [2.75, 3.05) is 5.32 Å². The molecular formula is C13H7BrF2N4. The number of rotatable bonds is 2. The number of hydrogen-bond donors (Lipinski definition) is 1. The molecule has 0 aliphatic heterocycles. The van der Waals surface area contributed by atoms with E-state index in [1.54, 1.807) is 12.1 Å². The molecule has 0 amide bonds. The van der Waals surface area contributed by atoms with Gasteiger partial charge in [0.1, 0.15) is 18.0 Å². The monoisotopic (exact) mass is 336 g/mol. The van der Waals surface area contributed by atoms with Crippen LogP contribution in [0.3, 0.4) is 0 Å². The van der Waals surface area contributed by atoms with Gasteiger partial charge in [-0.1, -0.05) is 0 Å². The highest BCUT2D eigenvalue weighted by atomic mass is 79.9. The Morgan fingerprint density at radius 1 is 1.05 bits per heavy atom. The molecular weight excluding hydrogens is 330 g/mol. The number of fused-ring (bicyclic) bond motifs is 1. The molecule has 0 spiro atoms. The van der Waals surface area contributed by atoms with Crippen LogP contribution >= 0.6 is 15.9 Å². The van der Waals surface area contributed by atoms with Crippen LogP contribution in [0.4, 0.5) is 20.3 Å². The lowest BCUT2D eigenvalue weighted by Gasteiger charge is -2.08. The molecule has 1 aromatic carbocycles. The third-order valence-electron chi connectivity index (χ3n) is 2.67. The van der Waals surface area contributed by atoms with E-state index in [-0.39, 0.29) is 5.82 Å². The molecule has 7 heteroatoms. The molecule has 20 heavy (non-hydrogen) atoms. The lowest BCUT2D eigenvalue weighted by molar-refractivity contribution is 0.586. The Kier molecular flexibility index (Phi) is 3.27. The van der Waals surface area contributed by atoms with E-state index in [4.69, 9.17) is 0 Å². The van der Waals surface area contributed by atoms with E-state index in [9.17, 15) is 8.78 Å². The van der Waals surface area contributed by atoms with Gasteiger partial charge in [-0.25, -0.2) is 19.3 Å². The molecule has 0 atom stereocenters. The first-order valence-corrected chi connectivity index (χ1v) is 6.41. The Labute approximate surface area is 121 Å². The van der Waals surface area contributed by atoms with Crippen molar-refractivity contribution in [3.63, 3.8) is 0 Å². The number of nitrogens with zero attached hydrogens (tertiary/aromatic N) is 3. The second-order valence-corrected chi connectivity index (χ2v) is 4.85. The number of halogens is 3. The third-order valence-corrected chi connectivity index (χ3v) is 3.28. The normalized spacial score (nSPS) is 10.8. The van der Waals surface area contributed by atoms with Crippen molar-refractivity contribution >= 4 is 38.3 Å². The molecule has 3 aromatic rings. The van der Waals surface area contributed by atoms with E-state index in [0.717, 1.165) is 0 Å². The van der Waals surface area contributed by atoms with Gasteiger partial charge in [0.05, 0.1) is 16.2 Å². The predicted octanol–water partition coefficient (Wildman–Crippen LogP) is 3.81. The minimum absolute atomic E-state index is 0.328. The maximum Gasteiger partial charge on any atom is 0.213 e. The van der Waals surface area contributed by atoms with Gasteiger partial charge in [-0.15, -0.1) is 0 Å². The highest BCUT2D eigenvalue weighted by molar-refractivity contribution is 9.10. The molecule has 0 saturated heterocycles. The fraction of sp³-hybridized carbons (Fsp3) is 0. The van der Waals surface area contributed by atoms with Gasteiger partial charge in [0.2, 0.25) is 5.95 Å². The zero-order valence-electron chi connectivity index (χ0n) is 9.94. The topological polar surface area (TPSA) is 50.7 Å². The van der Waals surface area contributed by atoms with Crippen LogP contribution in [0.1, 0.15) is 0 Å². The van der Waals surface area contributed by atoms with Crippen molar-refractivity contribution < 1.29 is 8.78 Å². The largest absolute Gasteiger partial charge is 0.340 e. The molecule has 2 heterocycles. The van der Waals surface area contributed by atoms with E-state index >= 15 is 0 Å². The van der Waals surface area contributed by atoms with Crippen LogP contribution in [0.25, 0.3) is 10.9 Å². The van der Waals surface area contributed by atoms with E-state index < -0.39 is 5.95 Å². The van der Waals surface area contributed by atoms with Gasteiger partial charge in [-0.05, 0) is 34.1 Å². The van der Waals surface area contributed by atoms with Crippen molar-refractivity contribution in [3.8, 4) is 0 Å². The van der Waals surface area contributed by atoms with E-state index in [2.05, 4.69) is 36.2 Å². The van der Waals surface area contributed by atoms with Gasteiger partial charge in [0.15, 0.2) is 0 Å². The van der Waals surface area contributed by atoms with Crippen LogP contribution in [0.5, 0.6) is 0 Å². The highest BCUT2D eigenvalue weighted by Crippen LogP contribution is 2.25. The van der Waals surface area contributed by atoms with Gasteiger partial charge in [0.25, 0.3) is 0 Å². The maximum atomic E-state index is 13.2. The molecule has 0 unspecified atom stereocenters. The van der Waals surface area contributed by atoms with E-state index in [1.807, 2.05) is 0 Å². The summed E-state index contributed by atoms with van der Waals surface area (Å²) >= 11 is 3.10. The van der Waals surface area contributed by atoms with Crippen molar-refractivity contribution in [2.45, 2.75) is 0 Å². The molecule has 1 N–H and O–H groups in total. The van der Waals surface area contributed by atoms with Gasteiger partial charge >= 0.3 is 0 Å². The predicted molar refractivity (Wildman–Crippen MR) is 74.7 cm³/mol. The number of benzene rings is 1. The number of nitrogens with one attached hydrogen (secondary N) is 1. The molecule has 0 aliphatic carbocycles. The minimum atomic E-state index is -0.615. The summed E-state index contributed by atoms with van der Waals surface area (Å²) in [7, 11) is 0. The Balaban J connectivity index is 2.05. The Morgan fingerprint density at radius 3 is 2.70 bits per heavy atom. The molecule has 100 valence electrons. The first-order valence-electron chi connectivity index (χ1n) is 5.62. The van der Waals surface area contributed by atoms with Crippen LogP contribution in [0.15, 0.2) is 41.3 Å². The lowest BCUT2D eigenvalue weighted by atomic mass is 10.2. The van der Waals surface area contributed by atoms with Crippen LogP contribution in [-0.2, 0) is 0 Å². The summed E-state index contributed by atoms with van der Waals surface area (Å²) < 4.78 is 26.7. The number of hydrogen-bond acceptors (Lipinski definition) is 4. The van der Waals surface area contributed by atoms with Crippen LogP contribution < -0.4 is 5.32 Å². The fourth-order valence-corrected chi connectivity index (χ4v) is 2.12. The standard InChI is InChI=1S/C13H7BrF2N4/c14-9-3-7(1-2-10(9)15)20-13-8-4-12(16)17-5-11(8)18-6-19-13/h1-6H,(H,18,19,20). The van der Waals surface area contributed by atoms with Crippen molar-refractivity contribution in [2.24, 2.45) is 0 Å². The minimum Gasteiger partial charge on any atom is -0.340 e. The Bertz CT molecular complexity index is 794. The molecule has 0 bridgehead atoms. The molecule has 0 fully saturated rings. The van der Waals surface area contributed by atoms with Gasteiger partial charge in [-0.2, -0.15) is 4.39 Å². The highest BCUT2D eigenvalue weighted by Gasteiger charge is 2.07. The molecule has 3 rings (SSSR count). The zero-order valence-corrected chi connectivity index (χ0v) is 11.5. The van der Waals surface area contributed by atoms with Gasteiger partial charge in [0, 0.05) is 17.1 Å². The average Bonchev–Trinajstić information content (AvgIpc) is 2.44. The van der Waals surface area contributed by atoms with Crippen LogP contribution in [0.2, 0.25) is 0 Å². The maximum absolute atomic E-state index is 13.2. The molecule has 4 nitrogen and oxygen atoms in total.